The van der Waals surface area contributed by atoms with Crippen LogP contribution in [0.2, 0.25) is 0 Å². The van der Waals surface area contributed by atoms with Crippen LogP contribution >= 0.6 is 0 Å². The maximum Gasteiger partial charge on any atom is 0.356 e. The molecule has 0 aliphatic carbocycles. The summed E-state index contributed by atoms with van der Waals surface area (Å²) in [5, 5.41) is 21.4. The van der Waals surface area contributed by atoms with Gasteiger partial charge in [0.15, 0.2) is 5.70 Å². The highest BCUT2D eigenvalue weighted by molar-refractivity contribution is 6.03. The normalized spacial score (nSPS) is 23.6. The van der Waals surface area contributed by atoms with E-state index in [1.807, 2.05) is 0 Å². The van der Waals surface area contributed by atoms with E-state index in [1.165, 1.54) is 0 Å². The number of nitrogens with one attached hydrogen (secondary N) is 1. The Morgan fingerprint density at radius 2 is 1.91 bits per heavy atom. The summed E-state index contributed by atoms with van der Waals surface area (Å²) in [6.45, 7) is 0. The van der Waals surface area contributed by atoms with E-state index in [0.717, 1.165) is 4.90 Å². The number of benzene rings is 1. The van der Waals surface area contributed by atoms with Crippen LogP contribution in [0.25, 0.3) is 0 Å². The Balaban J connectivity index is 1.76. The second-order valence-electron chi connectivity index (χ2n) is 5.23. The van der Waals surface area contributed by atoms with Gasteiger partial charge in [0.05, 0.1) is 6.04 Å². The molecule has 2 amide bonds. The molecule has 0 bridgehead atoms. The lowest BCUT2D eigenvalue weighted by Crippen LogP contribution is -2.71. The third-order valence-electron chi connectivity index (χ3n) is 3.94. The molecular formula is C15H14N2O5. The first-order valence-electron chi connectivity index (χ1n) is 6.85. The number of amides is 2. The first-order chi connectivity index (χ1) is 10.5. The summed E-state index contributed by atoms with van der Waals surface area (Å²) >= 11 is 0. The van der Waals surface area contributed by atoms with Gasteiger partial charge in [-0.2, -0.15) is 0 Å². The van der Waals surface area contributed by atoms with Crippen molar-refractivity contribution in [2.45, 2.75) is 24.9 Å². The van der Waals surface area contributed by atoms with Gasteiger partial charge >= 0.3 is 5.97 Å². The lowest BCUT2D eigenvalue weighted by Gasteiger charge is -2.49. The zero-order chi connectivity index (χ0) is 15.9. The second-order valence-corrected chi connectivity index (χ2v) is 5.23. The Hall–Kier alpha value is -2.83. The number of aliphatic carboxylic acids is 1. The van der Waals surface area contributed by atoms with Crippen LogP contribution in [0.5, 0.6) is 0 Å². The summed E-state index contributed by atoms with van der Waals surface area (Å²) in [5.41, 5.74) is 0.0490. The minimum absolute atomic E-state index is 0.174. The van der Waals surface area contributed by atoms with Crippen LogP contribution in [0.1, 0.15) is 23.2 Å². The fourth-order valence-electron chi connectivity index (χ4n) is 2.86. The Labute approximate surface area is 125 Å². The lowest BCUT2D eigenvalue weighted by atomic mass is 9.85. The summed E-state index contributed by atoms with van der Waals surface area (Å²) in [6, 6.07) is 7.29. The molecule has 0 saturated carbocycles. The van der Waals surface area contributed by atoms with E-state index in [2.05, 4.69) is 5.32 Å². The topological polar surface area (TPSA) is 107 Å². The molecule has 2 aliphatic rings. The molecule has 2 unspecified atom stereocenters. The van der Waals surface area contributed by atoms with Crippen LogP contribution < -0.4 is 5.32 Å². The van der Waals surface area contributed by atoms with Crippen LogP contribution in [0.3, 0.4) is 0 Å². The molecule has 1 saturated heterocycles. The molecule has 2 atom stereocenters. The number of fused-ring (bicyclic) bond motifs is 1. The van der Waals surface area contributed by atoms with Gasteiger partial charge < -0.3 is 15.5 Å². The molecule has 7 nitrogen and oxygen atoms in total. The van der Waals surface area contributed by atoms with Crippen molar-refractivity contribution in [1.29, 1.82) is 0 Å². The highest BCUT2D eigenvalue weighted by Gasteiger charge is 2.53. The number of aliphatic hydroxyl groups excluding tert-OH is 1. The van der Waals surface area contributed by atoms with Gasteiger partial charge in [-0.05, 0) is 18.6 Å². The number of nitrogens with zero attached hydrogens (tertiary/aromatic N) is 1. The molecule has 2 heterocycles. The molecule has 114 valence electrons. The summed E-state index contributed by atoms with van der Waals surface area (Å²) in [7, 11) is 0. The van der Waals surface area contributed by atoms with Gasteiger partial charge in [0, 0.05) is 12.0 Å². The second kappa shape index (κ2) is 5.18. The lowest BCUT2D eigenvalue weighted by molar-refractivity contribution is -0.154. The molecule has 22 heavy (non-hydrogen) atoms. The first-order valence-corrected chi connectivity index (χ1v) is 6.85. The van der Waals surface area contributed by atoms with Crippen LogP contribution in [0.15, 0.2) is 41.8 Å². The Morgan fingerprint density at radius 1 is 1.23 bits per heavy atom. The number of carbonyl (C=O) groups is 3. The summed E-state index contributed by atoms with van der Waals surface area (Å²) in [6.07, 6.45) is 0.585. The summed E-state index contributed by atoms with van der Waals surface area (Å²) in [5.74, 6) is -2.54. The summed E-state index contributed by atoms with van der Waals surface area (Å²) < 4.78 is 0. The van der Waals surface area contributed by atoms with Gasteiger partial charge in [0.1, 0.15) is 11.8 Å². The number of β-lactam (4-membered cyclic amide) rings is 1. The van der Waals surface area contributed by atoms with Crippen LogP contribution in [0, 0.1) is 0 Å². The number of carbonyl (C=O) groups excluding carboxylic acids is 2. The number of rotatable bonds is 3. The smallest absolute Gasteiger partial charge is 0.356 e. The Kier molecular flexibility index (Phi) is 3.32. The van der Waals surface area contributed by atoms with E-state index in [4.69, 9.17) is 5.11 Å². The molecule has 3 rings (SSSR count). The molecule has 1 aromatic carbocycles. The van der Waals surface area contributed by atoms with Gasteiger partial charge in [0.25, 0.3) is 11.8 Å². The molecule has 0 radical (unpaired) electrons. The number of allylic oxidation sites excluding steroid dienone is 1. The van der Waals surface area contributed by atoms with Crippen molar-refractivity contribution in [3.63, 3.8) is 0 Å². The number of aliphatic hydroxyl groups is 1. The maximum atomic E-state index is 12.1. The minimum atomic E-state index is -1.34. The Bertz CT molecular complexity index is 682. The van der Waals surface area contributed by atoms with Gasteiger partial charge in [-0.1, -0.05) is 18.2 Å². The number of hydrogen-bond donors (Lipinski definition) is 3. The molecule has 0 spiro atoms. The van der Waals surface area contributed by atoms with E-state index >= 15 is 0 Å². The van der Waals surface area contributed by atoms with Crippen molar-refractivity contribution in [1.82, 2.24) is 10.2 Å². The standard InChI is InChI=1S/C15H14N2O5/c18-10-7-6-9-11(14(20)17(9)12(10)15(21)22)16-13(19)8-4-2-1-3-5-8/h1-5,9,11,18H,6-7H2,(H,16,19)(H,21,22). The van der Waals surface area contributed by atoms with Crippen LogP contribution in [-0.2, 0) is 9.59 Å². The third kappa shape index (κ3) is 2.11. The first kappa shape index (κ1) is 14.1. The van der Waals surface area contributed by atoms with Gasteiger partial charge in [0.2, 0.25) is 0 Å². The van der Waals surface area contributed by atoms with Crippen molar-refractivity contribution >= 4 is 17.8 Å². The maximum absolute atomic E-state index is 12.1. The molecule has 0 aromatic heterocycles. The van der Waals surface area contributed by atoms with Crippen molar-refractivity contribution in [2.24, 2.45) is 0 Å². The van der Waals surface area contributed by atoms with Gasteiger partial charge in [-0.25, -0.2) is 4.79 Å². The average Bonchev–Trinajstić information content (AvgIpc) is 2.52. The predicted molar refractivity (Wildman–Crippen MR) is 74.9 cm³/mol. The molecule has 2 aliphatic heterocycles. The molecule has 7 heteroatoms. The number of hydrogen-bond acceptors (Lipinski definition) is 4. The highest BCUT2D eigenvalue weighted by Crippen LogP contribution is 2.35. The fourth-order valence-corrected chi connectivity index (χ4v) is 2.86. The van der Waals surface area contributed by atoms with Crippen molar-refractivity contribution in [2.75, 3.05) is 0 Å². The number of carboxylic acid groups (broad SMARTS) is 1. The van der Waals surface area contributed by atoms with E-state index in [-0.39, 0.29) is 23.8 Å². The van der Waals surface area contributed by atoms with E-state index in [1.54, 1.807) is 30.3 Å². The SMILES string of the molecule is O=C(O)C1=C(O)CCC2C(NC(=O)c3ccccc3)C(=O)N12. The number of carboxylic acids is 1. The molecule has 1 aromatic rings. The third-order valence-corrected chi connectivity index (χ3v) is 3.94. The van der Waals surface area contributed by atoms with Gasteiger partial charge in [-0.3, -0.25) is 14.5 Å². The largest absolute Gasteiger partial charge is 0.510 e. The van der Waals surface area contributed by atoms with E-state index in [0.29, 0.717) is 12.0 Å². The summed E-state index contributed by atoms with van der Waals surface area (Å²) in [4.78, 5) is 36.4. The quantitative estimate of drug-likeness (QED) is 0.710. The minimum Gasteiger partial charge on any atom is -0.510 e. The van der Waals surface area contributed by atoms with Crippen LogP contribution in [-0.4, -0.2) is 45.0 Å². The molecule has 1 fully saturated rings. The molecule has 3 N–H and O–H groups in total. The van der Waals surface area contributed by atoms with Gasteiger partial charge in [-0.15, -0.1) is 0 Å². The van der Waals surface area contributed by atoms with Crippen molar-refractivity contribution < 1.29 is 24.6 Å². The zero-order valence-corrected chi connectivity index (χ0v) is 11.5. The molecular weight excluding hydrogens is 288 g/mol. The van der Waals surface area contributed by atoms with Crippen molar-refractivity contribution in [3.05, 3.63) is 47.4 Å². The predicted octanol–water partition coefficient (Wildman–Crippen LogP) is 0.644. The highest BCUT2D eigenvalue weighted by atomic mass is 16.4. The Morgan fingerprint density at radius 3 is 2.55 bits per heavy atom. The average molecular weight is 302 g/mol. The monoisotopic (exact) mass is 302 g/mol. The zero-order valence-electron chi connectivity index (χ0n) is 11.5. The fraction of sp³-hybridized carbons (Fsp3) is 0.267. The van der Waals surface area contributed by atoms with E-state index < -0.39 is 24.0 Å². The van der Waals surface area contributed by atoms with Crippen molar-refractivity contribution in [3.8, 4) is 0 Å². The van der Waals surface area contributed by atoms with E-state index in [9.17, 15) is 19.5 Å². The van der Waals surface area contributed by atoms with Crippen LogP contribution in [0.4, 0.5) is 0 Å².